The molecule has 0 spiro atoms. The summed E-state index contributed by atoms with van der Waals surface area (Å²) in [6.45, 7) is 7.73. The van der Waals surface area contributed by atoms with E-state index in [0.717, 1.165) is 23.1 Å². The van der Waals surface area contributed by atoms with E-state index >= 15 is 0 Å². The van der Waals surface area contributed by atoms with Gasteiger partial charge in [0, 0.05) is 30.6 Å². The van der Waals surface area contributed by atoms with Crippen LogP contribution in [0.15, 0.2) is 29.3 Å². The standard InChI is InChI=1S/C28H36O7/c1-13-14(2)25(31)34-23(13)24-15(3)27(32)10-9-19-17-11-21(30)16-7-6-8-20(29)22(16)18(17)12-28(33-5,35-24)26(19,27)4/h6-8,15,17-19,21,23-24,29-30,32H,9-12H2,1-5H3/t15-,17-,18+,19+,21-,23+,24+,26+,27-,28+/m1/s1. The molecule has 0 amide bonds. The first-order valence-corrected chi connectivity index (χ1v) is 12.8. The van der Waals surface area contributed by atoms with E-state index in [1.165, 1.54) is 0 Å². The van der Waals surface area contributed by atoms with Crippen LogP contribution in [0.2, 0.25) is 0 Å². The molecule has 2 saturated carbocycles. The average Bonchev–Trinajstić information content (AvgIpc) is 3.26. The number of fused-ring (bicyclic) bond motifs is 4. The third-order valence-corrected chi connectivity index (χ3v) is 10.9. The molecule has 10 atom stereocenters. The number of phenolic OH excluding ortho intramolecular Hbond substituents is 1. The number of phenols is 1. The molecule has 3 fully saturated rings. The number of aliphatic hydroxyl groups is 2. The van der Waals surface area contributed by atoms with Gasteiger partial charge in [0.1, 0.15) is 11.9 Å². The van der Waals surface area contributed by atoms with E-state index in [-0.39, 0.29) is 35.4 Å². The van der Waals surface area contributed by atoms with Crippen molar-refractivity contribution in [1.82, 2.24) is 0 Å². The highest BCUT2D eigenvalue weighted by molar-refractivity contribution is 5.91. The number of carbonyl (C=O) groups is 1. The third-order valence-electron chi connectivity index (χ3n) is 10.9. The van der Waals surface area contributed by atoms with Crippen molar-refractivity contribution in [2.24, 2.45) is 23.2 Å². The van der Waals surface area contributed by atoms with Gasteiger partial charge in [0.05, 0.1) is 17.1 Å². The molecule has 2 heterocycles. The molecule has 0 aromatic heterocycles. The number of ether oxygens (including phenoxy) is 3. The number of benzene rings is 1. The van der Waals surface area contributed by atoms with Gasteiger partial charge in [-0.2, -0.15) is 0 Å². The van der Waals surface area contributed by atoms with Crippen LogP contribution in [0.1, 0.15) is 76.5 Å². The smallest absolute Gasteiger partial charge is 0.334 e. The molecular formula is C28H36O7. The Labute approximate surface area is 206 Å². The maximum absolute atomic E-state index is 12.5. The minimum absolute atomic E-state index is 0.0292. The fraction of sp³-hybridized carbons (Fsp3) is 0.679. The summed E-state index contributed by atoms with van der Waals surface area (Å²) < 4.78 is 19.0. The number of carbonyl (C=O) groups excluding carboxylic acids is 1. The summed E-state index contributed by atoms with van der Waals surface area (Å²) in [5.41, 5.74) is 1.11. The lowest BCUT2D eigenvalue weighted by Crippen LogP contribution is -2.75. The lowest BCUT2D eigenvalue weighted by atomic mass is 9.47. The van der Waals surface area contributed by atoms with E-state index in [1.54, 1.807) is 26.2 Å². The van der Waals surface area contributed by atoms with E-state index in [1.807, 2.05) is 19.9 Å². The molecule has 3 N–H and O–H groups in total. The van der Waals surface area contributed by atoms with Gasteiger partial charge in [0.15, 0.2) is 11.9 Å². The van der Waals surface area contributed by atoms with E-state index in [4.69, 9.17) is 14.2 Å². The van der Waals surface area contributed by atoms with Crippen LogP contribution in [0.4, 0.5) is 0 Å². The molecule has 6 rings (SSSR count). The van der Waals surface area contributed by atoms with Crippen molar-refractivity contribution >= 4 is 5.97 Å². The molecule has 1 saturated heterocycles. The number of hydrogen-bond donors (Lipinski definition) is 3. The maximum Gasteiger partial charge on any atom is 0.334 e. The molecule has 1 aromatic carbocycles. The number of methoxy groups -OCH3 is 1. The van der Waals surface area contributed by atoms with Gasteiger partial charge in [-0.1, -0.05) is 26.0 Å². The van der Waals surface area contributed by atoms with Crippen LogP contribution in [-0.4, -0.2) is 52.0 Å². The zero-order valence-electron chi connectivity index (χ0n) is 21.1. The number of aromatic hydroxyl groups is 1. The SMILES string of the molecule is CO[C@@]12C[C@@H]3c4c(O)cccc4[C@H](O)C[C@H]3[C@@H]3CC[C@@](O)([C@H](C)[C@@H]([C@H]4OC(=O)C(C)=C4C)O1)[C@]32C. The van der Waals surface area contributed by atoms with Crippen molar-refractivity contribution in [1.29, 1.82) is 0 Å². The van der Waals surface area contributed by atoms with Crippen molar-refractivity contribution in [3.8, 4) is 5.75 Å². The van der Waals surface area contributed by atoms with Crippen molar-refractivity contribution in [3.63, 3.8) is 0 Å². The average molecular weight is 485 g/mol. The largest absolute Gasteiger partial charge is 0.508 e. The van der Waals surface area contributed by atoms with Gasteiger partial charge in [-0.25, -0.2) is 4.79 Å². The van der Waals surface area contributed by atoms with Gasteiger partial charge in [0.2, 0.25) is 0 Å². The van der Waals surface area contributed by atoms with Crippen LogP contribution in [0.5, 0.6) is 5.75 Å². The highest BCUT2D eigenvalue weighted by Gasteiger charge is 2.78. The minimum Gasteiger partial charge on any atom is -0.508 e. The summed E-state index contributed by atoms with van der Waals surface area (Å²) in [6.07, 6.45) is 0.562. The molecule has 0 radical (unpaired) electrons. The zero-order chi connectivity index (χ0) is 25.1. The predicted molar refractivity (Wildman–Crippen MR) is 126 cm³/mol. The second-order valence-corrected chi connectivity index (χ2v) is 11.7. The van der Waals surface area contributed by atoms with Crippen LogP contribution in [0.25, 0.3) is 0 Å². The van der Waals surface area contributed by atoms with E-state index in [9.17, 15) is 20.1 Å². The Kier molecular flexibility index (Phi) is 4.90. The Hall–Kier alpha value is -1.93. The molecular weight excluding hydrogens is 448 g/mol. The van der Waals surface area contributed by atoms with Crippen LogP contribution in [0, 0.1) is 23.2 Å². The molecule has 190 valence electrons. The Balaban J connectivity index is 1.51. The first kappa shape index (κ1) is 23.5. The molecule has 35 heavy (non-hydrogen) atoms. The Bertz CT molecular complexity index is 1130. The molecule has 7 heteroatoms. The highest BCUT2D eigenvalue weighted by Crippen LogP contribution is 2.73. The quantitative estimate of drug-likeness (QED) is 0.550. The number of cyclic esters (lactones) is 1. The number of esters is 1. The maximum atomic E-state index is 12.5. The summed E-state index contributed by atoms with van der Waals surface area (Å²) in [5, 5.41) is 34.4. The van der Waals surface area contributed by atoms with Gasteiger partial charge < -0.3 is 29.5 Å². The second-order valence-electron chi connectivity index (χ2n) is 11.7. The van der Waals surface area contributed by atoms with Gasteiger partial charge in [-0.15, -0.1) is 0 Å². The fourth-order valence-electron chi connectivity index (χ4n) is 8.84. The van der Waals surface area contributed by atoms with Crippen LogP contribution in [-0.2, 0) is 19.0 Å². The van der Waals surface area contributed by atoms with Gasteiger partial charge in [0.25, 0.3) is 0 Å². The summed E-state index contributed by atoms with van der Waals surface area (Å²) in [4.78, 5) is 12.4. The topological polar surface area (TPSA) is 105 Å². The van der Waals surface area contributed by atoms with Crippen molar-refractivity contribution in [2.45, 2.75) is 89.0 Å². The van der Waals surface area contributed by atoms with E-state index in [2.05, 4.69) is 6.92 Å². The second kappa shape index (κ2) is 7.31. The zero-order valence-corrected chi connectivity index (χ0v) is 21.1. The summed E-state index contributed by atoms with van der Waals surface area (Å²) in [5.74, 6) is -1.59. The van der Waals surface area contributed by atoms with Crippen LogP contribution >= 0.6 is 0 Å². The van der Waals surface area contributed by atoms with Gasteiger partial charge in [-0.3, -0.25) is 0 Å². The number of aliphatic hydroxyl groups excluding tert-OH is 1. The van der Waals surface area contributed by atoms with Crippen molar-refractivity contribution in [2.75, 3.05) is 7.11 Å². The highest BCUT2D eigenvalue weighted by atomic mass is 16.7. The molecule has 2 aliphatic heterocycles. The monoisotopic (exact) mass is 484 g/mol. The lowest BCUT2D eigenvalue weighted by Gasteiger charge is -2.67. The van der Waals surface area contributed by atoms with Crippen LogP contribution < -0.4 is 0 Å². The fourth-order valence-corrected chi connectivity index (χ4v) is 8.84. The molecule has 3 aliphatic carbocycles. The van der Waals surface area contributed by atoms with E-state index < -0.39 is 35.1 Å². The number of rotatable bonds is 2. The summed E-state index contributed by atoms with van der Waals surface area (Å²) in [6, 6.07) is 5.33. The summed E-state index contributed by atoms with van der Waals surface area (Å²) in [7, 11) is 1.63. The molecule has 0 bridgehead atoms. The minimum atomic E-state index is -1.15. The van der Waals surface area contributed by atoms with E-state index in [0.29, 0.717) is 24.8 Å². The Morgan fingerprint density at radius 3 is 2.63 bits per heavy atom. The normalized spacial score (nSPS) is 48.3. The van der Waals surface area contributed by atoms with Gasteiger partial charge in [-0.05, 0) is 68.1 Å². The molecule has 5 aliphatic rings. The molecule has 7 nitrogen and oxygen atoms in total. The molecule has 1 aromatic rings. The Morgan fingerprint density at radius 2 is 1.97 bits per heavy atom. The van der Waals surface area contributed by atoms with Crippen molar-refractivity contribution < 1.29 is 34.3 Å². The number of hydrogen-bond acceptors (Lipinski definition) is 7. The first-order valence-electron chi connectivity index (χ1n) is 12.8. The molecule has 0 unspecified atom stereocenters. The van der Waals surface area contributed by atoms with Gasteiger partial charge >= 0.3 is 5.97 Å². The van der Waals surface area contributed by atoms with Crippen LogP contribution in [0.3, 0.4) is 0 Å². The summed E-state index contributed by atoms with van der Waals surface area (Å²) >= 11 is 0. The Morgan fingerprint density at radius 1 is 1.23 bits per heavy atom. The first-order chi connectivity index (χ1) is 16.5. The predicted octanol–water partition coefficient (Wildman–Crippen LogP) is 3.72. The third kappa shape index (κ3) is 2.63. The lowest BCUT2D eigenvalue weighted by molar-refractivity contribution is -0.414. The van der Waals surface area contributed by atoms with Crippen molar-refractivity contribution in [3.05, 3.63) is 40.5 Å².